The van der Waals surface area contributed by atoms with Gasteiger partial charge in [-0.3, -0.25) is 9.59 Å². The van der Waals surface area contributed by atoms with Crippen molar-refractivity contribution in [2.75, 3.05) is 0 Å². The molecule has 0 aromatic rings. The first-order chi connectivity index (χ1) is 9.94. The van der Waals surface area contributed by atoms with Gasteiger partial charge >= 0.3 is 5.97 Å². The van der Waals surface area contributed by atoms with Gasteiger partial charge in [0, 0.05) is 18.8 Å². The number of rotatable bonds is 0. The van der Waals surface area contributed by atoms with E-state index in [4.69, 9.17) is 4.74 Å². The molecule has 4 unspecified atom stereocenters. The zero-order chi connectivity index (χ0) is 14.8. The van der Waals surface area contributed by atoms with E-state index in [1.54, 1.807) is 0 Å². The number of Topliss-reactive ketones (excluding diaryl/α,β-unsaturated/α-hetero) is 1. The summed E-state index contributed by atoms with van der Waals surface area (Å²) in [5.74, 6) is 1.25. The number of allylic oxidation sites excluding steroid dienone is 2. The molecule has 3 nitrogen and oxygen atoms in total. The number of esters is 1. The van der Waals surface area contributed by atoms with Crippen LogP contribution in [0.5, 0.6) is 0 Å². The van der Waals surface area contributed by atoms with Crippen molar-refractivity contribution in [1.82, 2.24) is 0 Å². The van der Waals surface area contributed by atoms with Crippen LogP contribution >= 0.6 is 0 Å². The maximum atomic E-state index is 12.5. The summed E-state index contributed by atoms with van der Waals surface area (Å²) in [6.07, 6.45) is 7.75. The first-order valence-electron chi connectivity index (χ1n) is 8.41. The maximum absolute atomic E-state index is 12.5. The molecule has 0 aromatic heterocycles. The van der Waals surface area contributed by atoms with E-state index in [1.807, 2.05) is 0 Å². The van der Waals surface area contributed by atoms with Gasteiger partial charge in [0.15, 0.2) is 0 Å². The molecule has 2 saturated carbocycles. The Balaban J connectivity index is 1.80. The van der Waals surface area contributed by atoms with Crippen LogP contribution in [0.4, 0.5) is 0 Å². The molecule has 114 valence electrons. The van der Waals surface area contributed by atoms with Crippen LogP contribution < -0.4 is 0 Å². The van der Waals surface area contributed by atoms with Crippen molar-refractivity contribution in [3.05, 3.63) is 11.3 Å². The SMILES string of the molecule is CC12CCCC1=C1OC(=O)C3CC(=O)CCC3(C)C1CC2. The quantitative estimate of drug-likeness (QED) is 0.637. The minimum Gasteiger partial charge on any atom is -0.431 e. The summed E-state index contributed by atoms with van der Waals surface area (Å²) in [4.78, 5) is 24.3. The number of hydrogen-bond acceptors (Lipinski definition) is 3. The van der Waals surface area contributed by atoms with Gasteiger partial charge in [-0.15, -0.1) is 0 Å². The normalized spacial score (nSPS) is 45.8. The first kappa shape index (κ1) is 13.5. The highest BCUT2D eigenvalue weighted by molar-refractivity contribution is 5.87. The van der Waals surface area contributed by atoms with E-state index in [0.29, 0.717) is 18.8 Å². The average molecular weight is 288 g/mol. The monoisotopic (exact) mass is 288 g/mol. The smallest absolute Gasteiger partial charge is 0.315 e. The summed E-state index contributed by atoms with van der Waals surface area (Å²) in [6, 6.07) is 0. The summed E-state index contributed by atoms with van der Waals surface area (Å²) in [5.41, 5.74) is 1.62. The predicted molar refractivity (Wildman–Crippen MR) is 78.3 cm³/mol. The topological polar surface area (TPSA) is 43.4 Å². The molecule has 0 bridgehead atoms. The third kappa shape index (κ3) is 1.72. The molecule has 4 rings (SSSR count). The number of ketones is 1. The van der Waals surface area contributed by atoms with Crippen LogP contribution in [0.15, 0.2) is 11.3 Å². The number of hydrogen-bond donors (Lipinski definition) is 0. The van der Waals surface area contributed by atoms with Crippen molar-refractivity contribution in [2.24, 2.45) is 22.7 Å². The molecule has 0 N–H and O–H groups in total. The largest absolute Gasteiger partial charge is 0.431 e. The van der Waals surface area contributed by atoms with Crippen LogP contribution in [0.1, 0.15) is 65.2 Å². The van der Waals surface area contributed by atoms with Gasteiger partial charge in [0.1, 0.15) is 11.5 Å². The van der Waals surface area contributed by atoms with Gasteiger partial charge < -0.3 is 4.74 Å². The lowest BCUT2D eigenvalue weighted by Crippen LogP contribution is -2.51. The fourth-order valence-electron chi connectivity index (χ4n) is 5.47. The highest BCUT2D eigenvalue weighted by atomic mass is 16.5. The van der Waals surface area contributed by atoms with E-state index in [2.05, 4.69) is 13.8 Å². The van der Waals surface area contributed by atoms with Crippen LogP contribution in [0, 0.1) is 22.7 Å². The van der Waals surface area contributed by atoms with E-state index in [1.165, 1.54) is 24.8 Å². The summed E-state index contributed by atoms with van der Waals surface area (Å²) in [5, 5.41) is 0. The molecule has 3 aliphatic carbocycles. The molecule has 3 heteroatoms. The molecule has 0 aromatic carbocycles. The van der Waals surface area contributed by atoms with E-state index < -0.39 is 0 Å². The lowest BCUT2D eigenvalue weighted by atomic mass is 9.54. The van der Waals surface area contributed by atoms with Gasteiger partial charge in [0.25, 0.3) is 0 Å². The van der Waals surface area contributed by atoms with Crippen LogP contribution in [0.3, 0.4) is 0 Å². The van der Waals surface area contributed by atoms with E-state index >= 15 is 0 Å². The zero-order valence-corrected chi connectivity index (χ0v) is 13.0. The number of fused-ring (bicyclic) bond motifs is 4. The molecule has 0 amide bonds. The number of carbonyl (C=O) groups is 2. The third-order valence-corrected chi connectivity index (χ3v) is 6.94. The Hall–Kier alpha value is -1.12. The van der Waals surface area contributed by atoms with Crippen molar-refractivity contribution in [1.29, 1.82) is 0 Å². The van der Waals surface area contributed by atoms with Crippen molar-refractivity contribution >= 4 is 11.8 Å². The van der Waals surface area contributed by atoms with Gasteiger partial charge in [0.2, 0.25) is 0 Å². The Labute approximate surface area is 126 Å². The zero-order valence-electron chi connectivity index (χ0n) is 13.0. The standard InChI is InChI=1S/C18H24O3/c1-17-7-3-4-12(17)15-13(6-8-17)18(2)9-5-11(19)10-14(18)16(20)21-15/h13-14H,3-10H2,1-2H3. The second-order valence-corrected chi connectivity index (χ2v) is 8.07. The van der Waals surface area contributed by atoms with Crippen molar-refractivity contribution in [2.45, 2.75) is 65.2 Å². The van der Waals surface area contributed by atoms with Crippen LogP contribution in [0.2, 0.25) is 0 Å². The second kappa shape index (κ2) is 4.21. The van der Waals surface area contributed by atoms with Crippen molar-refractivity contribution in [3.63, 3.8) is 0 Å². The van der Waals surface area contributed by atoms with Crippen molar-refractivity contribution < 1.29 is 14.3 Å². The number of carbonyl (C=O) groups excluding carboxylic acids is 2. The molecular weight excluding hydrogens is 264 g/mol. The molecule has 21 heavy (non-hydrogen) atoms. The molecule has 4 atom stereocenters. The first-order valence-corrected chi connectivity index (χ1v) is 8.41. The fourth-order valence-corrected chi connectivity index (χ4v) is 5.47. The summed E-state index contributed by atoms with van der Waals surface area (Å²) < 4.78 is 5.84. The van der Waals surface area contributed by atoms with Gasteiger partial charge in [-0.05, 0) is 54.9 Å². The van der Waals surface area contributed by atoms with Crippen LogP contribution in [0.25, 0.3) is 0 Å². The van der Waals surface area contributed by atoms with Gasteiger partial charge in [0.05, 0.1) is 5.92 Å². The third-order valence-electron chi connectivity index (χ3n) is 6.94. The van der Waals surface area contributed by atoms with Crippen LogP contribution in [-0.4, -0.2) is 11.8 Å². The highest BCUT2D eigenvalue weighted by Gasteiger charge is 2.57. The van der Waals surface area contributed by atoms with Gasteiger partial charge in [-0.1, -0.05) is 13.8 Å². The van der Waals surface area contributed by atoms with Crippen molar-refractivity contribution in [3.8, 4) is 0 Å². The van der Waals surface area contributed by atoms with Gasteiger partial charge in [-0.25, -0.2) is 0 Å². The second-order valence-electron chi connectivity index (χ2n) is 8.07. The molecule has 0 radical (unpaired) electrons. The molecule has 4 aliphatic rings. The Bertz CT molecular complexity index is 561. The molecule has 1 aliphatic heterocycles. The lowest BCUT2D eigenvalue weighted by molar-refractivity contribution is -0.168. The summed E-state index contributed by atoms with van der Waals surface area (Å²) in [6.45, 7) is 4.57. The Morgan fingerprint density at radius 1 is 1.05 bits per heavy atom. The van der Waals surface area contributed by atoms with Crippen LogP contribution in [-0.2, 0) is 14.3 Å². The fraction of sp³-hybridized carbons (Fsp3) is 0.778. The van der Waals surface area contributed by atoms with E-state index in [9.17, 15) is 9.59 Å². The predicted octanol–water partition coefficient (Wildman–Crippen LogP) is 3.77. The number of ether oxygens (including phenoxy) is 1. The average Bonchev–Trinajstić information content (AvgIpc) is 2.83. The molecular formula is C18H24O3. The molecule has 1 heterocycles. The minimum absolute atomic E-state index is 0.0600. The highest BCUT2D eigenvalue weighted by Crippen LogP contribution is 2.61. The molecule has 0 spiro atoms. The summed E-state index contributed by atoms with van der Waals surface area (Å²) >= 11 is 0. The van der Waals surface area contributed by atoms with Gasteiger partial charge in [-0.2, -0.15) is 0 Å². The molecule has 1 saturated heterocycles. The maximum Gasteiger partial charge on any atom is 0.315 e. The Morgan fingerprint density at radius 2 is 1.86 bits per heavy atom. The Morgan fingerprint density at radius 3 is 2.67 bits per heavy atom. The lowest BCUT2D eigenvalue weighted by Gasteiger charge is -2.52. The van der Waals surface area contributed by atoms with E-state index in [-0.39, 0.29) is 28.5 Å². The minimum atomic E-state index is -0.209. The summed E-state index contributed by atoms with van der Waals surface area (Å²) in [7, 11) is 0. The Kier molecular flexibility index (Phi) is 2.71. The molecule has 3 fully saturated rings. The van der Waals surface area contributed by atoms with E-state index in [0.717, 1.165) is 25.0 Å².